The minimum atomic E-state index is -1.31. The van der Waals surface area contributed by atoms with Crippen molar-refractivity contribution in [3.8, 4) is 0 Å². The van der Waals surface area contributed by atoms with E-state index in [2.05, 4.69) is 4.85 Å². The summed E-state index contributed by atoms with van der Waals surface area (Å²) in [7, 11) is 0. The van der Waals surface area contributed by atoms with E-state index < -0.39 is 12.0 Å². The Morgan fingerprint density at radius 3 is 2.25 bits per heavy atom. The van der Waals surface area contributed by atoms with Gasteiger partial charge in [-0.15, -0.1) is 0 Å². The first kappa shape index (κ1) is 10.9. The zero-order chi connectivity index (χ0) is 5.86. The quantitative estimate of drug-likeness (QED) is 0.262. The first-order valence-corrected chi connectivity index (χ1v) is 1.76. The molecule has 8 heavy (non-hydrogen) atoms. The van der Waals surface area contributed by atoms with Crippen molar-refractivity contribution in [1.82, 2.24) is 0 Å². The van der Waals surface area contributed by atoms with E-state index >= 15 is 0 Å². The fourth-order valence-corrected chi connectivity index (χ4v) is 0.0527. The van der Waals surface area contributed by atoms with Gasteiger partial charge in [-0.25, -0.2) is 6.57 Å². The van der Waals surface area contributed by atoms with Crippen molar-refractivity contribution in [2.24, 2.45) is 0 Å². The molecule has 0 aliphatic heterocycles. The van der Waals surface area contributed by atoms with Crippen LogP contribution in [-0.4, -0.2) is 12.0 Å². The second-order valence-electron chi connectivity index (χ2n) is 1.12. The van der Waals surface area contributed by atoms with Crippen molar-refractivity contribution < 1.29 is 39.5 Å². The number of aliphatic carboxylic acids is 1. The van der Waals surface area contributed by atoms with Gasteiger partial charge in [-0.3, -0.25) is 0 Å². The smallest absolute Gasteiger partial charge is 0.543 e. The van der Waals surface area contributed by atoms with Gasteiger partial charge in [-0.2, -0.15) is 0 Å². The van der Waals surface area contributed by atoms with Crippen molar-refractivity contribution in [3.63, 3.8) is 0 Å². The molecule has 0 fully saturated rings. The Morgan fingerprint density at radius 2 is 2.25 bits per heavy atom. The number of carbonyl (C=O) groups excluding carboxylic acids is 1. The predicted molar refractivity (Wildman–Crippen MR) is 21.1 cm³/mol. The molecule has 0 amide bonds. The zero-order valence-electron chi connectivity index (χ0n) is 4.84. The molecule has 0 aromatic heterocycles. The summed E-state index contributed by atoms with van der Waals surface area (Å²) >= 11 is 0. The van der Waals surface area contributed by atoms with Crippen LogP contribution in [0.5, 0.6) is 0 Å². The summed E-state index contributed by atoms with van der Waals surface area (Å²) in [4.78, 5) is 12.3. The minimum absolute atomic E-state index is 0. The Morgan fingerprint density at radius 1 is 1.88 bits per heavy atom. The van der Waals surface area contributed by atoms with Gasteiger partial charge in [-0.1, -0.05) is 0 Å². The molecule has 0 bridgehead atoms. The SMILES string of the molecule is [C-]#[N+]C(C)C(=O)[O-].[Na+]. The van der Waals surface area contributed by atoms with Gasteiger partial charge in [0.15, 0.2) is 0 Å². The van der Waals surface area contributed by atoms with Gasteiger partial charge >= 0.3 is 29.6 Å². The number of hydrogen-bond acceptors (Lipinski definition) is 2. The Balaban J connectivity index is 0. The van der Waals surface area contributed by atoms with Gasteiger partial charge in [0, 0.05) is 6.92 Å². The average molecular weight is 121 g/mol. The maximum absolute atomic E-state index is 9.61. The van der Waals surface area contributed by atoms with Gasteiger partial charge in [-0.05, 0) is 0 Å². The van der Waals surface area contributed by atoms with E-state index in [0.717, 1.165) is 0 Å². The van der Waals surface area contributed by atoms with Gasteiger partial charge in [0.25, 0.3) is 6.04 Å². The summed E-state index contributed by atoms with van der Waals surface area (Å²) in [5, 5.41) is 9.61. The molecule has 0 spiro atoms. The molecule has 38 valence electrons. The van der Waals surface area contributed by atoms with E-state index in [9.17, 15) is 9.90 Å². The molecule has 1 atom stereocenters. The second-order valence-corrected chi connectivity index (χ2v) is 1.12. The fraction of sp³-hybridized carbons (Fsp3) is 0.500. The maximum atomic E-state index is 9.61. The molecule has 0 saturated carbocycles. The second kappa shape index (κ2) is 5.10. The van der Waals surface area contributed by atoms with E-state index in [1.165, 1.54) is 6.92 Å². The van der Waals surface area contributed by atoms with Crippen LogP contribution in [0, 0.1) is 6.57 Å². The predicted octanol–water partition coefficient (Wildman–Crippen LogP) is -3.95. The Kier molecular flexibility index (Phi) is 6.93. The number of carboxylic acids is 1. The van der Waals surface area contributed by atoms with E-state index in [1.807, 2.05) is 0 Å². The van der Waals surface area contributed by atoms with Crippen molar-refractivity contribution in [2.75, 3.05) is 0 Å². The van der Waals surface area contributed by atoms with Crippen LogP contribution in [0.25, 0.3) is 4.85 Å². The Hall–Kier alpha value is -0.0400. The molecule has 0 aliphatic rings. The van der Waals surface area contributed by atoms with Gasteiger partial charge < -0.3 is 14.7 Å². The van der Waals surface area contributed by atoms with Gasteiger partial charge in [0.05, 0.1) is 0 Å². The molecular weight excluding hydrogens is 117 g/mol. The van der Waals surface area contributed by atoms with Crippen molar-refractivity contribution >= 4 is 5.97 Å². The monoisotopic (exact) mass is 121 g/mol. The third-order valence-corrected chi connectivity index (χ3v) is 0.535. The van der Waals surface area contributed by atoms with Crippen LogP contribution in [0.3, 0.4) is 0 Å². The van der Waals surface area contributed by atoms with E-state index in [-0.39, 0.29) is 29.6 Å². The molecule has 0 N–H and O–H groups in total. The first-order chi connectivity index (χ1) is 3.18. The van der Waals surface area contributed by atoms with Gasteiger partial charge in [0.2, 0.25) is 0 Å². The molecular formula is C4H4NNaO2. The summed E-state index contributed by atoms with van der Waals surface area (Å²) < 4.78 is 0. The zero-order valence-corrected chi connectivity index (χ0v) is 6.84. The third kappa shape index (κ3) is 4.13. The number of hydrogen-bond donors (Lipinski definition) is 0. The third-order valence-electron chi connectivity index (χ3n) is 0.535. The van der Waals surface area contributed by atoms with Crippen molar-refractivity contribution in [3.05, 3.63) is 11.4 Å². The number of rotatable bonds is 1. The molecule has 4 heteroatoms. The van der Waals surface area contributed by atoms with Crippen LogP contribution in [0.1, 0.15) is 6.92 Å². The summed E-state index contributed by atoms with van der Waals surface area (Å²) in [6, 6.07) is -1.00. The Bertz CT molecular complexity index is 118. The number of carboxylic acid groups (broad SMARTS) is 1. The molecule has 0 aromatic rings. The largest absolute Gasteiger partial charge is 1.00 e. The van der Waals surface area contributed by atoms with E-state index in [4.69, 9.17) is 6.57 Å². The number of carbonyl (C=O) groups is 1. The van der Waals surface area contributed by atoms with E-state index in [0.29, 0.717) is 0 Å². The van der Waals surface area contributed by atoms with Crippen LogP contribution in [0.4, 0.5) is 0 Å². The van der Waals surface area contributed by atoms with Crippen LogP contribution >= 0.6 is 0 Å². The molecule has 0 radical (unpaired) electrons. The summed E-state index contributed by atoms with van der Waals surface area (Å²) in [6.45, 7) is 7.42. The Labute approximate surface area is 69.8 Å². The first-order valence-electron chi connectivity index (χ1n) is 1.76. The standard InChI is InChI=1S/C4H5NO2.Na/c1-3(5-2)4(6)7;/h3H,1H3,(H,6,7);/q;+1/p-1. The molecule has 0 heterocycles. The van der Waals surface area contributed by atoms with Crippen LogP contribution < -0.4 is 34.7 Å². The summed E-state index contributed by atoms with van der Waals surface area (Å²) in [5.74, 6) is -1.31. The topological polar surface area (TPSA) is 44.5 Å². The maximum Gasteiger partial charge on any atom is 1.00 e. The molecule has 0 aromatic carbocycles. The summed E-state index contributed by atoms with van der Waals surface area (Å²) in [6.07, 6.45) is 0. The number of nitrogens with zero attached hydrogens (tertiary/aromatic N) is 1. The molecule has 3 nitrogen and oxygen atoms in total. The van der Waals surface area contributed by atoms with Crippen molar-refractivity contribution in [1.29, 1.82) is 0 Å². The molecule has 0 aliphatic carbocycles. The molecule has 1 unspecified atom stereocenters. The normalized spacial score (nSPS) is 10.5. The fourth-order valence-electron chi connectivity index (χ4n) is 0.0527. The van der Waals surface area contributed by atoms with Crippen molar-refractivity contribution in [2.45, 2.75) is 13.0 Å². The van der Waals surface area contributed by atoms with Gasteiger partial charge in [0.1, 0.15) is 5.97 Å². The molecule has 0 saturated heterocycles. The molecule has 0 rings (SSSR count). The van der Waals surface area contributed by atoms with Crippen LogP contribution in [-0.2, 0) is 4.79 Å². The van der Waals surface area contributed by atoms with Crippen LogP contribution in [0.2, 0.25) is 0 Å². The summed E-state index contributed by atoms with van der Waals surface area (Å²) in [5.41, 5.74) is 0. The van der Waals surface area contributed by atoms with E-state index in [1.54, 1.807) is 0 Å². The average Bonchev–Trinajstić information content (AvgIpc) is 1.65. The minimum Gasteiger partial charge on any atom is -0.543 e. The van der Waals surface area contributed by atoms with Crippen LogP contribution in [0.15, 0.2) is 0 Å².